The van der Waals surface area contributed by atoms with Gasteiger partial charge in [0.25, 0.3) is 0 Å². The van der Waals surface area contributed by atoms with Crippen LogP contribution in [-0.2, 0) is 6.61 Å². The fourth-order valence-electron chi connectivity index (χ4n) is 2.42. The number of H-pyrrole nitrogens is 1. The fraction of sp³-hybridized carbons (Fsp3) is 0.0588. The molecule has 1 heterocycles. The van der Waals surface area contributed by atoms with E-state index in [0.717, 1.165) is 27.9 Å². The number of aliphatic hydroxyl groups is 1. The van der Waals surface area contributed by atoms with Gasteiger partial charge in [-0.05, 0) is 17.2 Å². The van der Waals surface area contributed by atoms with Crippen LogP contribution in [0.1, 0.15) is 11.1 Å². The van der Waals surface area contributed by atoms with Crippen LogP contribution in [0.25, 0.3) is 22.4 Å². The molecule has 0 aliphatic rings. The fourth-order valence-corrected chi connectivity index (χ4v) is 2.42. The van der Waals surface area contributed by atoms with E-state index in [1.54, 1.807) is 12.3 Å². The number of aliphatic hydroxyl groups excluding tert-OH is 1. The lowest BCUT2D eigenvalue weighted by Crippen LogP contribution is -1.91. The number of nitriles is 1. The molecule has 3 rings (SSSR count). The normalized spacial score (nSPS) is 10.3. The molecular formula is C17H13N3O. The summed E-state index contributed by atoms with van der Waals surface area (Å²) in [6.07, 6.45) is 1.72. The van der Waals surface area contributed by atoms with Crippen molar-refractivity contribution in [3.05, 3.63) is 65.9 Å². The quantitative estimate of drug-likeness (QED) is 0.771. The highest BCUT2D eigenvalue weighted by atomic mass is 16.3. The number of benzene rings is 2. The van der Waals surface area contributed by atoms with E-state index in [9.17, 15) is 10.4 Å². The first-order valence-electron chi connectivity index (χ1n) is 6.57. The zero-order chi connectivity index (χ0) is 14.7. The monoisotopic (exact) mass is 275 g/mol. The molecule has 2 aromatic carbocycles. The number of nitrogens with zero attached hydrogens (tertiary/aromatic N) is 2. The maximum Gasteiger partial charge on any atom is 0.0998 e. The van der Waals surface area contributed by atoms with Crippen LogP contribution in [0.15, 0.2) is 54.7 Å². The second-order valence-corrected chi connectivity index (χ2v) is 4.63. The minimum absolute atomic E-state index is 0.0410. The predicted octanol–water partition coefficient (Wildman–Crippen LogP) is 3.11. The van der Waals surface area contributed by atoms with Gasteiger partial charge in [0, 0.05) is 11.1 Å². The van der Waals surface area contributed by atoms with Crippen molar-refractivity contribution in [3.8, 4) is 28.5 Å². The lowest BCUT2D eigenvalue weighted by molar-refractivity contribution is 0.282. The standard InChI is InChI=1S/C17H13N3O/c18-9-12-5-1-4-8-15(12)17-16(10-19-20-17)14-7-3-2-6-13(14)11-21/h1-8,10,21H,11H2,(H,19,20). The van der Waals surface area contributed by atoms with E-state index in [2.05, 4.69) is 16.3 Å². The van der Waals surface area contributed by atoms with E-state index in [1.807, 2.05) is 42.5 Å². The average Bonchev–Trinajstić information content (AvgIpc) is 3.04. The van der Waals surface area contributed by atoms with E-state index >= 15 is 0 Å². The van der Waals surface area contributed by atoms with Crippen LogP contribution < -0.4 is 0 Å². The van der Waals surface area contributed by atoms with E-state index in [-0.39, 0.29) is 6.61 Å². The number of aromatic amines is 1. The molecule has 4 nitrogen and oxygen atoms in total. The van der Waals surface area contributed by atoms with Crippen molar-refractivity contribution in [1.82, 2.24) is 10.2 Å². The zero-order valence-electron chi connectivity index (χ0n) is 11.2. The van der Waals surface area contributed by atoms with Gasteiger partial charge in [0.15, 0.2) is 0 Å². The van der Waals surface area contributed by atoms with E-state index in [0.29, 0.717) is 5.56 Å². The number of hydrogen-bond donors (Lipinski definition) is 2. The topological polar surface area (TPSA) is 72.7 Å². The Morgan fingerprint density at radius 3 is 2.48 bits per heavy atom. The van der Waals surface area contributed by atoms with Gasteiger partial charge in [-0.3, -0.25) is 5.10 Å². The van der Waals surface area contributed by atoms with Gasteiger partial charge in [-0.2, -0.15) is 10.4 Å². The summed E-state index contributed by atoms with van der Waals surface area (Å²) in [6.45, 7) is -0.0410. The Labute approximate surface area is 122 Å². The Morgan fingerprint density at radius 2 is 1.71 bits per heavy atom. The molecule has 1 aromatic heterocycles. The number of aromatic nitrogens is 2. The van der Waals surface area contributed by atoms with E-state index < -0.39 is 0 Å². The lowest BCUT2D eigenvalue weighted by atomic mass is 9.96. The summed E-state index contributed by atoms with van der Waals surface area (Å²) in [7, 11) is 0. The molecule has 3 aromatic rings. The van der Waals surface area contributed by atoms with Crippen molar-refractivity contribution in [3.63, 3.8) is 0 Å². The average molecular weight is 275 g/mol. The van der Waals surface area contributed by atoms with Crippen molar-refractivity contribution in [2.45, 2.75) is 6.61 Å². The largest absolute Gasteiger partial charge is 0.392 e. The maximum absolute atomic E-state index is 9.50. The van der Waals surface area contributed by atoms with Crippen LogP contribution >= 0.6 is 0 Å². The first kappa shape index (κ1) is 13.1. The first-order valence-corrected chi connectivity index (χ1v) is 6.57. The first-order chi connectivity index (χ1) is 10.3. The highest BCUT2D eigenvalue weighted by molar-refractivity contribution is 5.84. The molecule has 0 aliphatic heterocycles. The summed E-state index contributed by atoms with van der Waals surface area (Å²) in [5, 5.41) is 25.8. The van der Waals surface area contributed by atoms with Gasteiger partial charge >= 0.3 is 0 Å². The molecule has 0 amide bonds. The van der Waals surface area contributed by atoms with Crippen molar-refractivity contribution >= 4 is 0 Å². The molecule has 0 aliphatic carbocycles. The number of rotatable bonds is 3. The third-order valence-corrected chi connectivity index (χ3v) is 3.43. The molecule has 0 fully saturated rings. The van der Waals surface area contributed by atoms with Crippen LogP contribution in [0.2, 0.25) is 0 Å². The Hall–Kier alpha value is -2.90. The number of hydrogen-bond acceptors (Lipinski definition) is 3. The Bertz CT molecular complexity index is 815. The van der Waals surface area contributed by atoms with E-state index in [4.69, 9.17) is 0 Å². The molecule has 21 heavy (non-hydrogen) atoms. The summed E-state index contributed by atoms with van der Waals surface area (Å²) in [5.74, 6) is 0. The SMILES string of the molecule is N#Cc1ccccc1-c1[nH]ncc1-c1ccccc1CO. The molecule has 2 N–H and O–H groups in total. The van der Waals surface area contributed by atoms with Crippen molar-refractivity contribution in [2.24, 2.45) is 0 Å². The predicted molar refractivity (Wildman–Crippen MR) is 80.1 cm³/mol. The van der Waals surface area contributed by atoms with Gasteiger partial charge in [0.1, 0.15) is 0 Å². The molecular weight excluding hydrogens is 262 g/mol. The van der Waals surface area contributed by atoms with Gasteiger partial charge in [-0.1, -0.05) is 42.5 Å². The Morgan fingerprint density at radius 1 is 1.00 bits per heavy atom. The molecule has 0 unspecified atom stereocenters. The molecule has 4 heteroatoms. The second-order valence-electron chi connectivity index (χ2n) is 4.63. The molecule has 0 saturated carbocycles. The van der Waals surface area contributed by atoms with Crippen LogP contribution in [0, 0.1) is 11.3 Å². The summed E-state index contributed by atoms with van der Waals surface area (Å²) < 4.78 is 0. The van der Waals surface area contributed by atoms with Crippen LogP contribution in [0.3, 0.4) is 0 Å². The minimum atomic E-state index is -0.0410. The summed E-state index contributed by atoms with van der Waals surface area (Å²) in [4.78, 5) is 0. The van der Waals surface area contributed by atoms with Crippen LogP contribution in [0.5, 0.6) is 0 Å². The third-order valence-electron chi connectivity index (χ3n) is 3.43. The van der Waals surface area contributed by atoms with Gasteiger partial charge in [0.05, 0.1) is 30.1 Å². The Kier molecular flexibility index (Phi) is 3.50. The second kappa shape index (κ2) is 5.61. The summed E-state index contributed by atoms with van der Waals surface area (Å²) in [5.41, 5.74) is 4.80. The van der Waals surface area contributed by atoms with Crippen LogP contribution in [-0.4, -0.2) is 15.3 Å². The lowest BCUT2D eigenvalue weighted by Gasteiger charge is -2.09. The molecule has 0 spiro atoms. The molecule has 0 atom stereocenters. The van der Waals surface area contributed by atoms with E-state index in [1.165, 1.54) is 0 Å². The van der Waals surface area contributed by atoms with Gasteiger partial charge < -0.3 is 5.11 Å². The third kappa shape index (κ3) is 2.31. The highest BCUT2D eigenvalue weighted by Crippen LogP contribution is 2.33. The highest BCUT2D eigenvalue weighted by Gasteiger charge is 2.14. The maximum atomic E-state index is 9.50. The smallest absolute Gasteiger partial charge is 0.0998 e. The Balaban J connectivity index is 2.21. The molecule has 102 valence electrons. The molecule has 0 bridgehead atoms. The minimum Gasteiger partial charge on any atom is -0.392 e. The van der Waals surface area contributed by atoms with Crippen molar-refractivity contribution in [2.75, 3.05) is 0 Å². The number of nitrogens with one attached hydrogen (secondary N) is 1. The molecule has 0 saturated heterocycles. The van der Waals surface area contributed by atoms with Crippen molar-refractivity contribution < 1.29 is 5.11 Å². The summed E-state index contributed by atoms with van der Waals surface area (Å²) >= 11 is 0. The zero-order valence-corrected chi connectivity index (χ0v) is 11.2. The van der Waals surface area contributed by atoms with Gasteiger partial charge in [-0.15, -0.1) is 0 Å². The van der Waals surface area contributed by atoms with Crippen LogP contribution in [0.4, 0.5) is 0 Å². The van der Waals surface area contributed by atoms with Gasteiger partial charge in [0.2, 0.25) is 0 Å². The van der Waals surface area contributed by atoms with Gasteiger partial charge in [-0.25, -0.2) is 0 Å². The van der Waals surface area contributed by atoms with Crippen molar-refractivity contribution in [1.29, 1.82) is 5.26 Å². The summed E-state index contributed by atoms with van der Waals surface area (Å²) in [6, 6.07) is 17.2. The molecule has 0 radical (unpaired) electrons.